The first-order valence-electron chi connectivity index (χ1n) is 7.93. The lowest BCUT2D eigenvalue weighted by molar-refractivity contribution is -0.126. The number of nitrogen functional groups attached to an aromatic ring is 1. The second-order valence-corrected chi connectivity index (χ2v) is 6.04. The van der Waals surface area contributed by atoms with Crippen molar-refractivity contribution in [2.24, 2.45) is 0 Å². The summed E-state index contributed by atoms with van der Waals surface area (Å²) in [6, 6.07) is 11.7. The summed E-state index contributed by atoms with van der Waals surface area (Å²) >= 11 is 0. The molecule has 0 aromatic heterocycles. The Balaban J connectivity index is 1.90. The van der Waals surface area contributed by atoms with Crippen molar-refractivity contribution in [3.8, 4) is 5.75 Å². The zero-order chi connectivity index (χ0) is 16.6. The fourth-order valence-electron chi connectivity index (χ4n) is 2.94. The molecule has 1 aliphatic rings. The fraction of sp³-hybridized carbons (Fsp3) is 0.316. The van der Waals surface area contributed by atoms with Gasteiger partial charge in [0.05, 0.1) is 5.69 Å². The molecule has 120 valence electrons. The molecule has 4 nitrogen and oxygen atoms in total. The highest BCUT2D eigenvalue weighted by molar-refractivity contribution is 6.00. The predicted octanol–water partition coefficient (Wildman–Crippen LogP) is 3.24. The SMILES string of the molecule is CCN1C(=O)C(Cc2ccc(C)c(C)c2)Oc2ccc(N)cc21. The number of rotatable bonds is 3. The molecule has 0 fully saturated rings. The van der Waals surface area contributed by atoms with Crippen molar-refractivity contribution in [1.29, 1.82) is 0 Å². The number of carbonyl (C=O) groups excluding carboxylic acids is 1. The summed E-state index contributed by atoms with van der Waals surface area (Å²) in [5, 5.41) is 0. The molecule has 0 bridgehead atoms. The number of nitrogens with two attached hydrogens (primary N) is 1. The second-order valence-electron chi connectivity index (χ2n) is 6.04. The molecule has 2 aromatic rings. The Bertz CT molecular complexity index is 755. The van der Waals surface area contributed by atoms with Crippen molar-refractivity contribution in [2.75, 3.05) is 17.2 Å². The summed E-state index contributed by atoms with van der Waals surface area (Å²) in [4.78, 5) is 14.5. The molecule has 2 aromatic carbocycles. The van der Waals surface area contributed by atoms with Gasteiger partial charge in [0.2, 0.25) is 0 Å². The molecular weight excluding hydrogens is 288 g/mol. The molecule has 2 N–H and O–H groups in total. The maximum absolute atomic E-state index is 12.7. The molecule has 0 saturated heterocycles. The Morgan fingerprint density at radius 1 is 1.13 bits per heavy atom. The Kier molecular flexibility index (Phi) is 3.99. The minimum Gasteiger partial charge on any atom is -0.478 e. The van der Waals surface area contributed by atoms with E-state index in [2.05, 4.69) is 32.0 Å². The van der Waals surface area contributed by atoms with Gasteiger partial charge in [0.1, 0.15) is 5.75 Å². The van der Waals surface area contributed by atoms with E-state index in [-0.39, 0.29) is 5.91 Å². The highest BCUT2D eigenvalue weighted by Gasteiger charge is 2.33. The molecule has 1 aliphatic heterocycles. The normalized spacial score (nSPS) is 16.9. The lowest BCUT2D eigenvalue weighted by Crippen LogP contribution is -2.46. The van der Waals surface area contributed by atoms with Gasteiger partial charge in [0.15, 0.2) is 6.10 Å². The van der Waals surface area contributed by atoms with Crippen LogP contribution in [0.15, 0.2) is 36.4 Å². The smallest absolute Gasteiger partial charge is 0.268 e. The largest absolute Gasteiger partial charge is 0.478 e. The number of benzene rings is 2. The van der Waals surface area contributed by atoms with Crippen LogP contribution in [0.25, 0.3) is 0 Å². The van der Waals surface area contributed by atoms with Crippen LogP contribution in [0.3, 0.4) is 0 Å². The van der Waals surface area contributed by atoms with Gasteiger partial charge < -0.3 is 15.4 Å². The van der Waals surface area contributed by atoms with Gasteiger partial charge in [-0.2, -0.15) is 0 Å². The highest BCUT2D eigenvalue weighted by atomic mass is 16.5. The standard InChI is InChI=1S/C19H22N2O2/c1-4-21-16-11-15(20)7-8-17(16)23-18(19(21)22)10-14-6-5-12(2)13(3)9-14/h5-9,11,18H,4,10,20H2,1-3H3. The van der Waals surface area contributed by atoms with Crippen molar-refractivity contribution < 1.29 is 9.53 Å². The molecule has 0 aliphatic carbocycles. The van der Waals surface area contributed by atoms with Gasteiger partial charge in [-0.15, -0.1) is 0 Å². The summed E-state index contributed by atoms with van der Waals surface area (Å²) in [5.74, 6) is 0.707. The first kappa shape index (κ1) is 15.4. The lowest BCUT2D eigenvalue weighted by atomic mass is 10.0. The van der Waals surface area contributed by atoms with Crippen LogP contribution in [0.1, 0.15) is 23.6 Å². The van der Waals surface area contributed by atoms with E-state index >= 15 is 0 Å². The van der Waals surface area contributed by atoms with Gasteiger partial charge in [-0.05, 0) is 55.7 Å². The maximum Gasteiger partial charge on any atom is 0.268 e. The monoisotopic (exact) mass is 310 g/mol. The van der Waals surface area contributed by atoms with E-state index in [1.807, 2.05) is 13.0 Å². The number of likely N-dealkylation sites (N-methyl/N-ethyl adjacent to an activating group) is 1. The van der Waals surface area contributed by atoms with E-state index in [0.717, 1.165) is 17.0 Å². The van der Waals surface area contributed by atoms with Crippen LogP contribution < -0.4 is 15.4 Å². The molecule has 1 atom stereocenters. The molecule has 1 unspecified atom stereocenters. The van der Waals surface area contributed by atoms with Gasteiger partial charge in [0, 0.05) is 18.7 Å². The molecule has 23 heavy (non-hydrogen) atoms. The number of ether oxygens (including phenoxy) is 1. The Labute approximate surface area is 136 Å². The van der Waals surface area contributed by atoms with Crippen LogP contribution in [0, 0.1) is 13.8 Å². The number of hydrogen-bond donors (Lipinski definition) is 1. The first-order chi connectivity index (χ1) is 11.0. The van der Waals surface area contributed by atoms with E-state index in [1.54, 1.807) is 17.0 Å². The number of hydrogen-bond acceptors (Lipinski definition) is 3. The van der Waals surface area contributed by atoms with Gasteiger partial charge in [0.25, 0.3) is 5.91 Å². The highest BCUT2D eigenvalue weighted by Crippen LogP contribution is 2.36. The number of fused-ring (bicyclic) bond motifs is 1. The fourth-order valence-corrected chi connectivity index (χ4v) is 2.94. The van der Waals surface area contributed by atoms with Crippen molar-refractivity contribution in [3.63, 3.8) is 0 Å². The molecule has 4 heteroatoms. The molecule has 3 rings (SSSR count). The van der Waals surface area contributed by atoms with Crippen LogP contribution >= 0.6 is 0 Å². The third-order valence-corrected chi connectivity index (χ3v) is 4.39. The van der Waals surface area contributed by atoms with E-state index in [0.29, 0.717) is 18.7 Å². The van der Waals surface area contributed by atoms with Crippen LogP contribution in [-0.4, -0.2) is 18.6 Å². The van der Waals surface area contributed by atoms with Crippen LogP contribution in [0.5, 0.6) is 5.75 Å². The lowest BCUT2D eigenvalue weighted by Gasteiger charge is -2.34. The third kappa shape index (κ3) is 2.89. The number of anilines is 2. The summed E-state index contributed by atoms with van der Waals surface area (Å²) in [7, 11) is 0. The number of nitrogens with zero attached hydrogens (tertiary/aromatic N) is 1. The average molecular weight is 310 g/mol. The summed E-state index contributed by atoms with van der Waals surface area (Å²) in [6.45, 7) is 6.73. The zero-order valence-corrected chi connectivity index (χ0v) is 13.8. The first-order valence-corrected chi connectivity index (χ1v) is 7.93. The van der Waals surface area contributed by atoms with E-state index in [9.17, 15) is 4.79 Å². The van der Waals surface area contributed by atoms with Crippen LogP contribution in [-0.2, 0) is 11.2 Å². The Morgan fingerprint density at radius 2 is 1.91 bits per heavy atom. The third-order valence-electron chi connectivity index (χ3n) is 4.39. The number of carbonyl (C=O) groups is 1. The summed E-state index contributed by atoms with van der Waals surface area (Å²) < 4.78 is 5.96. The molecular formula is C19H22N2O2. The molecule has 0 radical (unpaired) electrons. The number of amides is 1. The minimum absolute atomic E-state index is 0.0103. The summed E-state index contributed by atoms with van der Waals surface area (Å²) in [6.07, 6.45) is 0.0773. The van der Waals surface area contributed by atoms with Crippen LogP contribution in [0.2, 0.25) is 0 Å². The van der Waals surface area contributed by atoms with Crippen LogP contribution in [0.4, 0.5) is 11.4 Å². The molecule has 1 amide bonds. The van der Waals surface area contributed by atoms with Gasteiger partial charge in [-0.3, -0.25) is 4.79 Å². The zero-order valence-electron chi connectivity index (χ0n) is 13.8. The molecule has 0 spiro atoms. The van der Waals surface area contributed by atoms with E-state index in [1.165, 1.54) is 11.1 Å². The molecule has 1 heterocycles. The van der Waals surface area contributed by atoms with E-state index < -0.39 is 6.10 Å². The average Bonchev–Trinajstić information content (AvgIpc) is 2.52. The maximum atomic E-state index is 12.7. The van der Waals surface area contributed by atoms with Crippen molar-refractivity contribution in [3.05, 3.63) is 53.1 Å². The van der Waals surface area contributed by atoms with Gasteiger partial charge >= 0.3 is 0 Å². The summed E-state index contributed by atoms with van der Waals surface area (Å²) in [5.41, 5.74) is 10.8. The van der Waals surface area contributed by atoms with Crippen molar-refractivity contribution in [1.82, 2.24) is 0 Å². The Hall–Kier alpha value is -2.49. The number of aryl methyl sites for hydroxylation is 2. The van der Waals surface area contributed by atoms with Gasteiger partial charge in [-0.25, -0.2) is 0 Å². The minimum atomic E-state index is -0.492. The van der Waals surface area contributed by atoms with Crippen molar-refractivity contribution in [2.45, 2.75) is 33.3 Å². The topological polar surface area (TPSA) is 55.6 Å². The Morgan fingerprint density at radius 3 is 2.61 bits per heavy atom. The molecule has 0 saturated carbocycles. The van der Waals surface area contributed by atoms with E-state index in [4.69, 9.17) is 10.5 Å². The van der Waals surface area contributed by atoms with Crippen molar-refractivity contribution >= 4 is 17.3 Å². The van der Waals surface area contributed by atoms with Gasteiger partial charge in [-0.1, -0.05) is 18.2 Å². The second kappa shape index (κ2) is 5.95. The predicted molar refractivity (Wildman–Crippen MR) is 92.9 cm³/mol. The quantitative estimate of drug-likeness (QED) is 0.885.